The van der Waals surface area contributed by atoms with Gasteiger partial charge in [-0.15, -0.1) is 0 Å². The highest BCUT2D eigenvalue weighted by molar-refractivity contribution is 5.58. The fraction of sp³-hybridized carbons (Fsp3) is 0.368. The molecule has 0 amide bonds. The first kappa shape index (κ1) is 12.0. The lowest BCUT2D eigenvalue weighted by Gasteiger charge is -2.46. The predicted molar refractivity (Wildman–Crippen MR) is 80.4 cm³/mol. The lowest BCUT2D eigenvalue weighted by atomic mass is 9.61. The van der Waals surface area contributed by atoms with Crippen molar-refractivity contribution in [2.24, 2.45) is 0 Å². The van der Waals surface area contributed by atoms with Gasteiger partial charge in [0.1, 0.15) is 0 Å². The van der Waals surface area contributed by atoms with Gasteiger partial charge in [-0.2, -0.15) is 0 Å². The Morgan fingerprint density at radius 3 is 1.33 bits per heavy atom. The van der Waals surface area contributed by atoms with Gasteiger partial charge in [-0.25, -0.2) is 0 Å². The van der Waals surface area contributed by atoms with Crippen LogP contribution in [-0.2, 0) is 9.47 Å². The van der Waals surface area contributed by atoms with Crippen LogP contribution in [0.4, 0.5) is 0 Å². The smallest absolute Gasteiger partial charge is 0.163 e. The number of hydrogen-bond donors (Lipinski definition) is 0. The molecular formula is C19H18O2. The third-order valence-electron chi connectivity index (χ3n) is 5.15. The maximum absolute atomic E-state index is 6.28. The van der Waals surface area contributed by atoms with Gasteiger partial charge in [0.05, 0.1) is 12.2 Å². The second kappa shape index (κ2) is 3.76. The first-order chi connectivity index (χ1) is 10.2. The molecule has 1 aliphatic heterocycles. The number of hydrogen-bond acceptors (Lipinski definition) is 2. The zero-order chi connectivity index (χ0) is 14.2. The van der Waals surface area contributed by atoms with Crippen molar-refractivity contribution in [3.63, 3.8) is 0 Å². The minimum atomic E-state index is -0.490. The monoisotopic (exact) mass is 278 g/mol. The number of benzene rings is 2. The molecule has 2 nitrogen and oxygen atoms in total. The van der Waals surface area contributed by atoms with Gasteiger partial charge in [0.25, 0.3) is 0 Å². The summed E-state index contributed by atoms with van der Waals surface area (Å²) < 4.78 is 12.6. The highest BCUT2D eigenvalue weighted by Crippen LogP contribution is 2.58. The molecule has 1 heterocycles. The van der Waals surface area contributed by atoms with E-state index in [1.165, 1.54) is 22.3 Å². The topological polar surface area (TPSA) is 18.5 Å². The van der Waals surface area contributed by atoms with Gasteiger partial charge in [0.2, 0.25) is 0 Å². The highest BCUT2D eigenvalue weighted by atomic mass is 16.8. The van der Waals surface area contributed by atoms with E-state index in [2.05, 4.69) is 48.5 Å². The second-order valence-corrected chi connectivity index (χ2v) is 6.78. The standard InChI is InChI=1S/C19H18O2/c1-19(2)20-17-15-11-7-3-4-8-12(11)16(18(17)21-19)14-10-6-5-9-13(14)15/h3-10,15-18H,1-2H3/t15?,16?,17-,18-/m1/s1. The Morgan fingerprint density at radius 1 is 0.667 bits per heavy atom. The van der Waals surface area contributed by atoms with E-state index in [-0.39, 0.29) is 12.2 Å². The average Bonchev–Trinajstić information content (AvgIpc) is 2.81. The van der Waals surface area contributed by atoms with E-state index in [1.807, 2.05) is 13.8 Å². The van der Waals surface area contributed by atoms with E-state index >= 15 is 0 Å². The predicted octanol–water partition coefficient (Wildman–Crippen LogP) is 3.80. The summed E-state index contributed by atoms with van der Waals surface area (Å²) in [6.07, 6.45) is 0.268. The minimum absolute atomic E-state index is 0.134. The lowest BCUT2D eigenvalue weighted by molar-refractivity contribution is -0.146. The van der Waals surface area contributed by atoms with E-state index < -0.39 is 5.79 Å². The van der Waals surface area contributed by atoms with Crippen LogP contribution in [0.2, 0.25) is 0 Å². The summed E-state index contributed by atoms with van der Waals surface area (Å²) in [4.78, 5) is 0. The lowest BCUT2D eigenvalue weighted by Crippen LogP contribution is -2.45. The fourth-order valence-corrected chi connectivity index (χ4v) is 4.53. The molecule has 1 saturated heterocycles. The molecule has 2 atom stereocenters. The zero-order valence-corrected chi connectivity index (χ0v) is 12.2. The van der Waals surface area contributed by atoms with E-state index in [1.54, 1.807) is 0 Å². The third-order valence-corrected chi connectivity index (χ3v) is 5.15. The first-order valence-corrected chi connectivity index (χ1v) is 7.69. The molecule has 2 heteroatoms. The molecule has 0 saturated carbocycles. The average molecular weight is 278 g/mol. The van der Waals surface area contributed by atoms with E-state index in [0.29, 0.717) is 11.8 Å². The molecular weight excluding hydrogens is 260 g/mol. The maximum atomic E-state index is 6.28. The molecule has 3 aliphatic carbocycles. The first-order valence-electron chi connectivity index (χ1n) is 7.69. The van der Waals surface area contributed by atoms with Crippen LogP contribution in [0.3, 0.4) is 0 Å². The van der Waals surface area contributed by atoms with E-state index in [0.717, 1.165) is 0 Å². The number of ether oxygens (including phenoxy) is 2. The summed E-state index contributed by atoms with van der Waals surface area (Å²) in [5, 5.41) is 0. The van der Waals surface area contributed by atoms with Crippen molar-refractivity contribution in [2.75, 3.05) is 0 Å². The molecule has 106 valence electrons. The van der Waals surface area contributed by atoms with Crippen LogP contribution < -0.4 is 0 Å². The molecule has 2 bridgehead atoms. The Hall–Kier alpha value is -1.64. The molecule has 0 radical (unpaired) electrons. The molecule has 4 aliphatic rings. The van der Waals surface area contributed by atoms with Gasteiger partial charge < -0.3 is 9.47 Å². The third kappa shape index (κ3) is 1.44. The molecule has 2 aromatic rings. The van der Waals surface area contributed by atoms with Gasteiger partial charge >= 0.3 is 0 Å². The van der Waals surface area contributed by atoms with E-state index in [4.69, 9.17) is 9.47 Å². The van der Waals surface area contributed by atoms with Crippen molar-refractivity contribution in [2.45, 2.75) is 43.7 Å². The van der Waals surface area contributed by atoms with Crippen molar-refractivity contribution in [3.8, 4) is 0 Å². The Balaban J connectivity index is 1.79. The molecule has 0 aromatic heterocycles. The maximum Gasteiger partial charge on any atom is 0.163 e. The minimum Gasteiger partial charge on any atom is -0.344 e. The van der Waals surface area contributed by atoms with Crippen LogP contribution in [-0.4, -0.2) is 18.0 Å². The van der Waals surface area contributed by atoms with Gasteiger partial charge in [-0.05, 0) is 36.1 Å². The van der Waals surface area contributed by atoms with Crippen LogP contribution in [0.15, 0.2) is 48.5 Å². The fourth-order valence-electron chi connectivity index (χ4n) is 4.53. The summed E-state index contributed by atoms with van der Waals surface area (Å²) in [6, 6.07) is 17.6. The zero-order valence-electron chi connectivity index (χ0n) is 12.2. The van der Waals surface area contributed by atoms with Crippen molar-refractivity contribution < 1.29 is 9.47 Å². The van der Waals surface area contributed by atoms with Gasteiger partial charge in [-0.1, -0.05) is 48.5 Å². The highest BCUT2D eigenvalue weighted by Gasteiger charge is 2.57. The number of rotatable bonds is 0. The molecule has 2 aromatic carbocycles. The summed E-state index contributed by atoms with van der Waals surface area (Å²) in [7, 11) is 0. The summed E-state index contributed by atoms with van der Waals surface area (Å²) >= 11 is 0. The van der Waals surface area contributed by atoms with E-state index in [9.17, 15) is 0 Å². The van der Waals surface area contributed by atoms with Crippen molar-refractivity contribution in [1.29, 1.82) is 0 Å². The Morgan fingerprint density at radius 2 is 1.00 bits per heavy atom. The van der Waals surface area contributed by atoms with Crippen molar-refractivity contribution >= 4 is 0 Å². The summed E-state index contributed by atoms with van der Waals surface area (Å²) in [5.74, 6) is 0.110. The normalized spacial score (nSPS) is 34.2. The van der Waals surface area contributed by atoms with Crippen LogP contribution in [0, 0.1) is 0 Å². The SMILES string of the molecule is CC1(C)O[C@@H]2C3c4ccccc4C(c4ccccc43)[C@H]2O1. The van der Waals surface area contributed by atoms with Crippen LogP contribution >= 0.6 is 0 Å². The largest absolute Gasteiger partial charge is 0.344 e. The van der Waals surface area contributed by atoms with Crippen molar-refractivity contribution in [3.05, 3.63) is 70.8 Å². The van der Waals surface area contributed by atoms with Crippen LogP contribution in [0.25, 0.3) is 0 Å². The summed E-state index contributed by atoms with van der Waals surface area (Å²) in [6.45, 7) is 4.06. The summed E-state index contributed by atoms with van der Waals surface area (Å²) in [5.41, 5.74) is 5.68. The quantitative estimate of drug-likeness (QED) is 0.730. The molecule has 21 heavy (non-hydrogen) atoms. The Bertz CT molecular complexity index is 626. The van der Waals surface area contributed by atoms with Crippen molar-refractivity contribution in [1.82, 2.24) is 0 Å². The second-order valence-electron chi connectivity index (χ2n) is 6.78. The van der Waals surface area contributed by atoms with Crippen LogP contribution in [0.5, 0.6) is 0 Å². The van der Waals surface area contributed by atoms with Gasteiger partial charge in [0, 0.05) is 11.8 Å². The Labute approximate surface area is 124 Å². The van der Waals surface area contributed by atoms with Gasteiger partial charge in [0.15, 0.2) is 5.79 Å². The van der Waals surface area contributed by atoms with Gasteiger partial charge in [-0.3, -0.25) is 0 Å². The van der Waals surface area contributed by atoms with Crippen LogP contribution in [0.1, 0.15) is 47.9 Å². The molecule has 0 spiro atoms. The Kier molecular flexibility index (Phi) is 2.14. The molecule has 0 N–H and O–H groups in total. The molecule has 1 fully saturated rings. The molecule has 0 unspecified atom stereocenters. The molecule has 6 rings (SSSR count).